The number of rotatable bonds is 1. The molecule has 1 aromatic rings. The van der Waals surface area contributed by atoms with Gasteiger partial charge in [0.2, 0.25) is 0 Å². The van der Waals surface area contributed by atoms with Gasteiger partial charge in [-0.25, -0.2) is 4.39 Å². The Morgan fingerprint density at radius 2 is 1.54 bits per heavy atom. The molecule has 0 heterocycles. The van der Waals surface area contributed by atoms with Crippen LogP contribution < -0.4 is 0 Å². The van der Waals surface area contributed by atoms with Crippen molar-refractivity contribution >= 4 is 0 Å². The number of benzene rings is 1. The average Bonchev–Trinajstić information content (AvgIpc) is 2.20. The van der Waals surface area contributed by atoms with E-state index < -0.39 is 6.17 Å². The van der Waals surface area contributed by atoms with Gasteiger partial charge in [-0.05, 0) is 37.2 Å². The Balaban J connectivity index is 2.03. The van der Waals surface area contributed by atoms with Crippen molar-refractivity contribution < 1.29 is 4.39 Å². The van der Waals surface area contributed by atoms with Crippen molar-refractivity contribution in [1.29, 1.82) is 0 Å². The van der Waals surface area contributed by atoms with Gasteiger partial charge >= 0.3 is 0 Å². The first-order valence-electron chi connectivity index (χ1n) is 5.05. The van der Waals surface area contributed by atoms with Crippen molar-refractivity contribution in [1.82, 2.24) is 0 Å². The number of halogens is 1. The molecule has 70 valence electrons. The summed E-state index contributed by atoms with van der Waals surface area (Å²) in [5, 5.41) is 0. The molecular formula is C12H15F. The van der Waals surface area contributed by atoms with Gasteiger partial charge in [-0.1, -0.05) is 30.3 Å². The van der Waals surface area contributed by atoms with Gasteiger partial charge < -0.3 is 0 Å². The quantitative estimate of drug-likeness (QED) is 0.615. The molecule has 13 heavy (non-hydrogen) atoms. The molecule has 1 aliphatic carbocycles. The zero-order chi connectivity index (χ0) is 9.10. The minimum absolute atomic E-state index is 0.542. The average molecular weight is 178 g/mol. The number of hydrogen-bond acceptors (Lipinski definition) is 0. The predicted octanol–water partition coefficient (Wildman–Crippen LogP) is 3.68. The monoisotopic (exact) mass is 178 g/mol. The second-order valence-electron chi connectivity index (χ2n) is 3.86. The lowest BCUT2D eigenvalue weighted by Crippen LogP contribution is -2.13. The summed E-state index contributed by atoms with van der Waals surface area (Å²) >= 11 is 0. The number of hydrogen-bond donors (Lipinski definition) is 0. The second-order valence-corrected chi connectivity index (χ2v) is 3.86. The van der Waals surface area contributed by atoms with E-state index >= 15 is 0 Å². The van der Waals surface area contributed by atoms with E-state index in [9.17, 15) is 4.39 Å². The second kappa shape index (κ2) is 3.91. The minimum Gasteiger partial charge on any atom is -0.247 e. The highest BCUT2D eigenvalue weighted by Crippen LogP contribution is 2.33. The van der Waals surface area contributed by atoms with Crippen LogP contribution in [0.25, 0.3) is 0 Å². The third-order valence-corrected chi connectivity index (χ3v) is 2.93. The summed E-state index contributed by atoms with van der Waals surface area (Å²) in [6, 6.07) is 10.5. The fraction of sp³-hybridized carbons (Fsp3) is 0.500. The Morgan fingerprint density at radius 1 is 0.923 bits per heavy atom. The zero-order valence-corrected chi connectivity index (χ0v) is 7.75. The van der Waals surface area contributed by atoms with Gasteiger partial charge in [-0.15, -0.1) is 0 Å². The van der Waals surface area contributed by atoms with Crippen LogP contribution in [0.3, 0.4) is 0 Å². The van der Waals surface area contributed by atoms with Gasteiger partial charge in [0.25, 0.3) is 0 Å². The normalized spacial score (nSPS) is 28.7. The van der Waals surface area contributed by atoms with Gasteiger partial charge in [0, 0.05) is 0 Å². The highest BCUT2D eigenvalue weighted by molar-refractivity contribution is 5.19. The van der Waals surface area contributed by atoms with Crippen LogP contribution in [0.1, 0.15) is 37.2 Å². The highest BCUT2D eigenvalue weighted by atomic mass is 19.1. The molecule has 1 aliphatic rings. The van der Waals surface area contributed by atoms with E-state index in [1.54, 1.807) is 0 Å². The van der Waals surface area contributed by atoms with E-state index in [-0.39, 0.29) is 0 Å². The first-order chi connectivity index (χ1) is 6.36. The van der Waals surface area contributed by atoms with Gasteiger partial charge in [-0.3, -0.25) is 0 Å². The molecule has 0 spiro atoms. The summed E-state index contributed by atoms with van der Waals surface area (Å²) in [6.07, 6.45) is 3.00. The fourth-order valence-corrected chi connectivity index (χ4v) is 2.11. The van der Waals surface area contributed by atoms with Crippen molar-refractivity contribution in [3.8, 4) is 0 Å². The van der Waals surface area contributed by atoms with Crippen molar-refractivity contribution in [2.24, 2.45) is 0 Å². The molecule has 0 aromatic heterocycles. The standard InChI is InChI=1S/C12H15F/c13-12-8-6-11(7-9-12)10-4-2-1-3-5-10/h1-5,11-12H,6-9H2. The van der Waals surface area contributed by atoms with Crippen molar-refractivity contribution in [3.05, 3.63) is 35.9 Å². The smallest absolute Gasteiger partial charge is 0.100 e. The maximum atomic E-state index is 12.9. The molecule has 1 saturated carbocycles. The molecule has 1 fully saturated rings. The molecule has 2 rings (SSSR count). The lowest BCUT2D eigenvalue weighted by Gasteiger charge is -2.24. The van der Waals surface area contributed by atoms with Crippen molar-refractivity contribution in [2.75, 3.05) is 0 Å². The molecule has 0 aliphatic heterocycles. The SMILES string of the molecule is FC1CCC(c2ccccc2)CC1. The van der Waals surface area contributed by atoms with Crippen LogP contribution in [0.2, 0.25) is 0 Å². The molecule has 0 saturated heterocycles. The van der Waals surface area contributed by atoms with Crippen LogP contribution in [0.5, 0.6) is 0 Å². The van der Waals surface area contributed by atoms with Crippen LogP contribution in [0, 0.1) is 0 Å². The predicted molar refractivity (Wildman–Crippen MR) is 52.5 cm³/mol. The largest absolute Gasteiger partial charge is 0.247 e. The lowest BCUT2D eigenvalue weighted by molar-refractivity contribution is 0.235. The zero-order valence-electron chi connectivity index (χ0n) is 7.75. The van der Waals surface area contributed by atoms with Crippen LogP contribution in [0.15, 0.2) is 30.3 Å². The highest BCUT2D eigenvalue weighted by Gasteiger charge is 2.21. The van der Waals surface area contributed by atoms with Crippen molar-refractivity contribution in [3.63, 3.8) is 0 Å². The Kier molecular flexibility index (Phi) is 2.62. The first kappa shape index (κ1) is 8.74. The maximum Gasteiger partial charge on any atom is 0.100 e. The first-order valence-corrected chi connectivity index (χ1v) is 5.05. The summed E-state index contributed by atoms with van der Waals surface area (Å²) in [5.41, 5.74) is 1.38. The summed E-state index contributed by atoms with van der Waals surface area (Å²) in [7, 11) is 0. The van der Waals surface area contributed by atoms with Gasteiger partial charge in [0.15, 0.2) is 0 Å². The molecule has 0 bridgehead atoms. The molecule has 1 heteroatoms. The molecule has 0 atom stereocenters. The van der Waals surface area contributed by atoms with Crippen molar-refractivity contribution in [2.45, 2.75) is 37.8 Å². The maximum absolute atomic E-state index is 12.9. The minimum atomic E-state index is -0.542. The van der Waals surface area contributed by atoms with Crippen LogP contribution in [-0.2, 0) is 0 Å². The van der Waals surface area contributed by atoms with E-state index in [1.165, 1.54) is 5.56 Å². The van der Waals surface area contributed by atoms with E-state index in [1.807, 2.05) is 6.07 Å². The molecule has 0 N–H and O–H groups in total. The third kappa shape index (κ3) is 2.09. The number of alkyl halides is 1. The Hall–Kier alpha value is -0.850. The van der Waals surface area contributed by atoms with Gasteiger partial charge in [0.05, 0.1) is 0 Å². The molecule has 0 radical (unpaired) electrons. The van der Waals surface area contributed by atoms with E-state index in [0.29, 0.717) is 5.92 Å². The van der Waals surface area contributed by atoms with E-state index in [2.05, 4.69) is 24.3 Å². The summed E-state index contributed by atoms with van der Waals surface area (Å²) in [4.78, 5) is 0. The van der Waals surface area contributed by atoms with E-state index in [4.69, 9.17) is 0 Å². The molecule has 0 unspecified atom stereocenters. The van der Waals surface area contributed by atoms with Crippen LogP contribution in [0.4, 0.5) is 4.39 Å². The summed E-state index contributed by atoms with van der Waals surface area (Å²) in [5.74, 6) is 0.605. The Labute approximate surface area is 78.8 Å². The Morgan fingerprint density at radius 3 is 2.15 bits per heavy atom. The summed E-state index contributed by atoms with van der Waals surface area (Å²) in [6.45, 7) is 0. The fourth-order valence-electron chi connectivity index (χ4n) is 2.11. The van der Waals surface area contributed by atoms with Gasteiger partial charge in [0.1, 0.15) is 6.17 Å². The molecule has 0 amide bonds. The van der Waals surface area contributed by atoms with E-state index in [0.717, 1.165) is 25.7 Å². The van der Waals surface area contributed by atoms with Crippen LogP contribution >= 0.6 is 0 Å². The lowest BCUT2D eigenvalue weighted by atomic mass is 9.83. The molecule has 1 aromatic carbocycles. The third-order valence-electron chi connectivity index (χ3n) is 2.93. The molecule has 0 nitrogen and oxygen atoms in total. The Bertz CT molecular complexity index is 247. The molecular weight excluding hydrogens is 163 g/mol. The topological polar surface area (TPSA) is 0 Å². The van der Waals surface area contributed by atoms with Crippen LogP contribution in [-0.4, -0.2) is 6.17 Å². The summed E-state index contributed by atoms with van der Waals surface area (Å²) < 4.78 is 12.9. The van der Waals surface area contributed by atoms with Gasteiger partial charge in [-0.2, -0.15) is 0 Å².